The lowest BCUT2D eigenvalue weighted by molar-refractivity contribution is -0.0173. The highest BCUT2D eigenvalue weighted by molar-refractivity contribution is 5.72. The second kappa shape index (κ2) is 14.9. The third-order valence-electron chi connectivity index (χ3n) is 11.8. The molecule has 0 fully saturated rings. The number of phenols is 9. The monoisotopic (exact) mass is 848 g/mol. The van der Waals surface area contributed by atoms with Crippen LogP contribution >= 0.6 is 0 Å². The standard InChI is InChI=1S/C46H40O16/c1-59-34-11-4-19(14-32(34)55)41-33(56)17-25-43-37(35(18-2-9-26(49)30(53)12-18)39(57)45(62-43)24-8-6-22(48)16-29(24)52)46-38(44(25)60-41)36(23-7-5-21(47)15-28(23)51)40(58)42(61-46)20-3-10-27(50)31(54)13-20/h2-16,33,35-36,39-42,45,47-58H,17H2,1H3/t33-,35-,36+,39+,40-,41+,42-,45+/m0/s1. The quantitative estimate of drug-likeness (QED) is 0.0943. The molecule has 0 aromatic heterocycles. The third kappa shape index (κ3) is 6.43. The molecule has 320 valence electrons. The van der Waals surface area contributed by atoms with Crippen LogP contribution in [0.15, 0.2) is 91.0 Å². The van der Waals surface area contributed by atoms with E-state index in [-0.39, 0.29) is 85.6 Å². The highest BCUT2D eigenvalue weighted by Crippen LogP contribution is 2.63. The maximum atomic E-state index is 12.5. The molecule has 0 bridgehead atoms. The lowest BCUT2D eigenvalue weighted by Gasteiger charge is -2.46. The Morgan fingerprint density at radius 2 is 0.952 bits per heavy atom. The first-order valence-corrected chi connectivity index (χ1v) is 19.4. The van der Waals surface area contributed by atoms with Crippen LogP contribution in [0.5, 0.6) is 74.7 Å². The van der Waals surface area contributed by atoms with Crippen molar-refractivity contribution in [3.05, 3.63) is 136 Å². The van der Waals surface area contributed by atoms with Gasteiger partial charge in [0.15, 0.2) is 46.7 Å². The summed E-state index contributed by atoms with van der Waals surface area (Å²) in [6.45, 7) is 0. The number of aliphatic hydroxyl groups is 3. The van der Waals surface area contributed by atoms with E-state index in [9.17, 15) is 61.3 Å². The molecule has 0 saturated heterocycles. The van der Waals surface area contributed by atoms with Crippen LogP contribution in [0.25, 0.3) is 0 Å². The molecular weight excluding hydrogens is 808 g/mol. The molecule has 3 heterocycles. The lowest BCUT2D eigenvalue weighted by atomic mass is 9.72. The van der Waals surface area contributed by atoms with Crippen molar-refractivity contribution in [1.82, 2.24) is 0 Å². The molecule has 9 rings (SSSR count). The molecule has 62 heavy (non-hydrogen) atoms. The van der Waals surface area contributed by atoms with E-state index in [0.717, 1.165) is 12.1 Å². The molecule has 16 heteroatoms. The number of aromatic hydroxyl groups is 9. The van der Waals surface area contributed by atoms with Crippen molar-refractivity contribution >= 4 is 0 Å². The topological polar surface area (TPSA) is 280 Å². The summed E-state index contributed by atoms with van der Waals surface area (Å²) in [5.41, 5.74) is 1.11. The molecule has 3 aliphatic heterocycles. The van der Waals surface area contributed by atoms with Gasteiger partial charge < -0.3 is 80.2 Å². The summed E-state index contributed by atoms with van der Waals surface area (Å²) >= 11 is 0. The molecule has 8 atom stereocenters. The zero-order valence-electron chi connectivity index (χ0n) is 32.5. The minimum absolute atomic E-state index is 0.00902. The lowest BCUT2D eigenvalue weighted by Crippen LogP contribution is -2.41. The van der Waals surface area contributed by atoms with Gasteiger partial charge in [0.1, 0.15) is 58.6 Å². The SMILES string of the molecule is COc1ccc([C@H]2Oc3c(c4c(c5c3[C@@H](c3ccc(O)cc3O)[C@H](O)[C@H](c3ccc(O)c(O)c3)O5)[C@H](c3ccc(O)c(O)c3)[C@@H](O)[C@@H](c3ccc(O)cc3O)O4)C[C@@H]2O)cc1O. The molecule has 0 amide bonds. The minimum atomic E-state index is -1.65. The summed E-state index contributed by atoms with van der Waals surface area (Å²) in [4.78, 5) is 0. The Bertz CT molecular complexity index is 2750. The number of methoxy groups -OCH3 is 1. The first-order valence-electron chi connectivity index (χ1n) is 19.4. The van der Waals surface area contributed by atoms with Crippen LogP contribution in [0, 0.1) is 0 Å². The van der Waals surface area contributed by atoms with Crippen LogP contribution < -0.4 is 18.9 Å². The van der Waals surface area contributed by atoms with Gasteiger partial charge in [-0.2, -0.15) is 0 Å². The van der Waals surface area contributed by atoms with Crippen molar-refractivity contribution in [2.75, 3.05) is 7.11 Å². The molecule has 0 unspecified atom stereocenters. The summed E-state index contributed by atoms with van der Waals surface area (Å²) in [6.07, 6.45) is -8.92. The van der Waals surface area contributed by atoms with E-state index in [1.54, 1.807) is 6.07 Å². The Hall–Kier alpha value is -7.40. The molecule has 0 spiro atoms. The number of aliphatic hydroxyl groups excluding tert-OH is 3. The van der Waals surface area contributed by atoms with Crippen molar-refractivity contribution in [3.8, 4) is 74.7 Å². The van der Waals surface area contributed by atoms with Gasteiger partial charge in [-0.25, -0.2) is 0 Å². The predicted molar refractivity (Wildman–Crippen MR) is 216 cm³/mol. The zero-order chi connectivity index (χ0) is 43.9. The summed E-state index contributed by atoms with van der Waals surface area (Å²) in [5.74, 6) is -6.34. The second-order valence-corrected chi connectivity index (χ2v) is 15.5. The smallest absolute Gasteiger partial charge is 0.160 e. The molecule has 12 N–H and O–H groups in total. The summed E-state index contributed by atoms with van der Waals surface area (Å²) in [7, 11) is 1.37. The highest BCUT2D eigenvalue weighted by Gasteiger charge is 2.52. The van der Waals surface area contributed by atoms with Crippen LogP contribution in [0.2, 0.25) is 0 Å². The number of rotatable bonds is 6. The minimum Gasteiger partial charge on any atom is -0.508 e. The first kappa shape index (κ1) is 40.0. The van der Waals surface area contributed by atoms with Gasteiger partial charge in [0.25, 0.3) is 0 Å². The van der Waals surface area contributed by atoms with Gasteiger partial charge in [-0.05, 0) is 71.3 Å². The van der Waals surface area contributed by atoms with Gasteiger partial charge in [0.2, 0.25) is 0 Å². The van der Waals surface area contributed by atoms with E-state index in [1.165, 1.54) is 79.9 Å². The van der Waals surface area contributed by atoms with E-state index in [0.29, 0.717) is 5.56 Å². The number of benzene rings is 6. The van der Waals surface area contributed by atoms with Crippen LogP contribution in [0.1, 0.15) is 74.7 Å². The predicted octanol–water partition coefficient (Wildman–Crippen LogP) is 5.34. The normalized spacial score (nSPS) is 23.7. The fourth-order valence-electron chi connectivity index (χ4n) is 8.94. The van der Waals surface area contributed by atoms with Crippen molar-refractivity contribution in [2.45, 2.75) is 54.9 Å². The number of hydrogen-bond acceptors (Lipinski definition) is 16. The van der Waals surface area contributed by atoms with Crippen molar-refractivity contribution in [2.24, 2.45) is 0 Å². The largest absolute Gasteiger partial charge is 0.508 e. The Morgan fingerprint density at radius 1 is 0.452 bits per heavy atom. The van der Waals surface area contributed by atoms with Gasteiger partial charge in [0, 0.05) is 58.2 Å². The highest BCUT2D eigenvalue weighted by atomic mass is 16.5. The average molecular weight is 849 g/mol. The Kier molecular flexibility index (Phi) is 9.65. The number of hydrogen-bond donors (Lipinski definition) is 12. The molecule has 0 saturated carbocycles. The molecule has 3 aliphatic rings. The summed E-state index contributed by atoms with van der Waals surface area (Å²) in [6, 6.07) is 19.5. The van der Waals surface area contributed by atoms with E-state index in [1.807, 2.05) is 0 Å². The summed E-state index contributed by atoms with van der Waals surface area (Å²) in [5, 5.41) is 133. The van der Waals surface area contributed by atoms with Gasteiger partial charge in [0.05, 0.1) is 13.2 Å². The van der Waals surface area contributed by atoms with Gasteiger partial charge in [-0.15, -0.1) is 0 Å². The van der Waals surface area contributed by atoms with E-state index >= 15 is 0 Å². The number of ether oxygens (including phenoxy) is 4. The van der Waals surface area contributed by atoms with E-state index in [2.05, 4.69) is 0 Å². The number of fused-ring (bicyclic) bond motifs is 6. The third-order valence-corrected chi connectivity index (χ3v) is 11.8. The fraction of sp³-hybridized carbons (Fsp3) is 0.217. The van der Waals surface area contributed by atoms with E-state index in [4.69, 9.17) is 18.9 Å². The van der Waals surface area contributed by atoms with E-state index < -0.39 is 83.0 Å². The van der Waals surface area contributed by atoms with Crippen LogP contribution in [0.3, 0.4) is 0 Å². The number of phenolic OH excluding ortho intramolecular Hbond substituents is 9. The molecular formula is C46H40O16. The van der Waals surface area contributed by atoms with Crippen LogP contribution in [0.4, 0.5) is 0 Å². The fourth-order valence-corrected chi connectivity index (χ4v) is 8.94. The molecule has 0 aliphatic carbocycles. The average Bonchev–Trinajstić information content (AvgIpc) is 3.23. The maximum Gasteiger partial charge on any atom is 0.160 e. The summed E-state index contributed by atoms with van der Waals surface area (Å²) < 4.78 is 25.5. The van der Waals surface area contributed by atoms with Gasteiger partial charge >= 0.3 is 0 Å². The van der Waals surface area contributed by atoms with Crippen molar-refractivity contribution in [3.63, 3.8) is 0 Å². The molecule has 6 aromatic carbocycles. The molecule has 0 radical (unpaired) electrons. The van der Waals surface area contributed by atoms with Gasteiger partial charge in [-0.1, -0.05) is 24.3 Å². The maximum absolute atomic E-state index is 12.5. The zero-order valence-corrected chi connectivity index (χ0v) is 32.5. The van der Waals surface area contributed by atoms with Crippen LogP contribution in [-0.2, 0) is 6.42 Å². The second-order valence-electron chi connectivity index (χ2n) is 15.5. The molecule has 6 aromatic rings. The Balaban J connectivity index is 1.38. The van der Waals surface area contributed by atoms with Crippen LogP contribution in [-0.4, -0.2) is 86.7 Å². The Morgan fingerprint density at radius 3 is 1.55 bits per heavy atom. The molecule has 16 nitrogen and oxygen atoms in total. The Labute approximate surface area is 351 Å². The first-order chi connectivity index (χ1) is 29.6. The van der Waals surface area contributed by atoms with Crippen molar-refractivity contribution < 1.29 is 80.2 Å². The van der Waals surface area contributed by atoms with Gasteiger partial charge in [-0.3, -0.25) is 0 Å². The van der Waals surface area contributed by atoms with Crippen molar-refractivity contribution in [1.29, 1.82) is 0 Å².